The van der Waals surface area contributed by atoms with Crippen molar-refractivity contribution in [2.45, 2.75) is 25.3 Å². The highest BCUT2D eigenvalue weighted by Crippen LogP contribution is 2.39. The lowest BCUT2D eigenvalue weighted by molar-refractivity contribution is -0.128. The number of piperazine rings is 1. The minimum Gasteiger partial charge on any atom is -0.508 e. The van der Waals surface area contributed by atoms with Gasteiger partial charge in [0.25, 0.3) is 5.91 Å². The molecule has 0 spiro atoms. The number of terminal acetylenes is 1. The molecule has 1 N–H and O–H groups in total. The number of phenolic OH excluding ortho intramolecular Hbond substituents is 1. The fraction of sp³-hybridized carbons (Fsp3) is 0.308. The van der Waals surface area contributed by atoms with Crippen LogP contribution >= 0.6 is 0 Å². The number of nitrogens with zero attached hydrogens (tertiary/aromatic N) is 10. The molecule has 2 fully saturated rings. The minimum absolute atomic E-state index is 0.0194. The lowest BCUT2D eigenvalue weighted by Gasteiger charge is -2.35. The number of rotatable bonds is 11. The van der Waals surface area contributed by atoms with Crippen molar-refractivity contribution in [3.8, 4) is 35.4 Å². The number of halogens is 3. The summed E-state index contributed by atoms with van der Waals surface area (Å²) >= 11 is 0. The summed E-state index contributed by atoms with van der Waals surface area (Å²) < 4.78 is 53.0. The molecule has 2 saturated heterocycles. The molecule has 5 heterocycles. The first-order valence-electron chi connectivity index (χ1n) is 17.7. The number of anilines is 1. The van der Waals surface area contributed by atoms with E-state index < -0.39 is 23.4 Å². The van der Waals surface area contributed by atoms with Crippen LogP contribution < -0.4 is 9.64 Å². The van der Waals surface area contributed by atoms with Gasteiger partial charge in [-0.25, -0.2) is 13.2 Å². The van der Waals surface area contributed by atoms with E-state index in [0.29, 0.717) is 36.4 Å². The van der Waals surface area contributed by atoms with Crippen molar-refractivity contribution in [3.05, 3.63) is 94.0 Å². The number of hydrogen-bond donors (Lipinski definition) is 1. The van der Waals surface area contributed by atoms with Crippen molar-refractivity contribution in [3.63, 3.8) is 0 Å². The standard InChI is InChI=1S/C39H35F3N10O3/c1-2-28-31(40)10-9-24-19-27(53)21-29(33(24)28)35-34(42)36-30(22-45-35)37(48-39(47-36)55-23-26-8-5-13-50(26)14-6-12-46-49-43)51-15-17-52(18-16-51)38(54)32(41)20-25-7-3-4-11-44-25/h1,3-4,7,9-11,19-22,26,53H,5-6,8,12-18,23H2/b32-20-. The van der Waals surface area contributed by atoms with E-state index in [0.717, 1.165) is 25.5 Å². The highest BCUT2D eigenvalue weighted by Gasteiger charge is 2.29. The molecule has 1 amide bonds. The number of carbonyl (C=O) groups excluding carboxylic acids is 1. The van der Waals surface area contributed by atoms with Crippen LogP contribution in [-0.4, -0.2) is 99.2 Å². The Hall–Kier alpha value is -6.43. The predicted octanol–water partition coefficient (Wildman–Crippen LogP) is 6.41. The first-order valence-corrected chi connectivity index (χ1v) is 17.7. The van der Waals surface area contributed by atoms with Crippen LogP contribution in [0.4, 0.5) is 19.0 Å². The summed E-state index contributed by atoms with van der Waals surface area (Å²) in [5.41, 5.74) is 8.53. The number of amides is 1. The number of azide groups is 1. The average Bonchev–Trinajstić information content (AvgIpc) is 3.66. The van der Waals surface area contributed by atoms with E-state index in [-0.39, 0.29) is 83.7 Å². The molecule has 7 rings (SSSR count). The second kappa shape index (κ2) is 16.3. The zero-order valence-corrected chi connectivity index (χ0v) is 29.6. The van der Waals surface area contributed by atoms with E-state index in [1.165, 1.54) is 41.6 Å². The number of aromatic nitrogens is 4. The lowest BCUT2D eigenvalue weighted by Crippen LogP contribution is -2.49. The van der Waals surface area contributed by atoms with Crippen LogP contribution in [0.3, 0.4) is 0 Å². The van der Waals surface area contributed by atoms with Crippen LogP contribution in [0.2, 0.25) is 0 Å². The Labute approximate surface area is 313 Å². The molecule has 280 valence electrons. The summed E-state index contributed by atoms with van der Waals surface area (Å²) in [5.74, 6) is -0.852. The molecule has 0 saturated carbocycles. The van der Waals surface area contributed by atoms with Gasteiger partial charge in [0, 0.05) is 73.1 Å². The fourth-order valence-electron chi connectivity index (χ4n) is 7.13. The van der Waals surface area contributed by atoms with Crippen LogP contribution in [0.25, 0.3) is 49.5 Å². The van der Waals surface area contributed by atoms with Crippen LogP contribution in [0.5, 0.6) is 11.8 Å². The van der Waals surface area contributed by atoms with E-state index in [2.05, 4.69) is 35.8 Å². The van der Waals surface area contributed by atoms with Gasteiger partial charge in [0.2, 0.25) is 0 Å². The van der Waals surface area contributed by atoms with Gasteiger partial charge in [-0.15, -0.1) is 6.42 Å². The average molecular weight is 749 g/mol. The van der Waals surface area contributed by atoms with Gasteiger partial charge in [0.15, 0.2) is 11.6 Å². The molecule has 0 radical (unpaired) electrons. The number of likely N-dealkylation sites (tertiary alicyclic amines) is 1. The van der Waals surface area contributed by atoms with Gasteiger partial charge in [-0.2, -0.15) is 9.97 Å². The van der Waals surface area contributed by atoms with Gasteiger partial charge in [-0.05, 0) is 73.6 Å². The Morgan fingerprint density at radius 3 is 2.73 bits per heavy atom. The maximum absolute atomic E-state index is 16.9. The van der Waals surface area contributed by atoms with Crippen molar-refractivity contribution >= 4 is 39.5 Å². The van der Waals surface area contributed by atoms with Crippen LogP contribution in [0, 0.1) is 24.0 Å². The predicted molar refractivity (Wildman–Crippen MR) is 201 cm³/mol. The summed E-state index contributed by atoms with van der Waals surface area (Å²) in [4.78, 5) is 39.0. The molecule has 1 atom stereocenters. The summed E-state index contributed by atoms with van der Waals surface area (Å²) in [5, 5.41) is 15.0. The third-order valence-electron chi connectivity index (χ3n) is 9.80. The number of aromatic hydroxyl groups is 1. The van der Waals surface area contributed by atoms with E-state index in [9.17, 15) is 18.7 Å². The van der Waals surface area contributed by atoms with Crippen LogP contribution in [-0.2, 0) is 4.79 Å². The van der Waals surface area contributed by atoms with Gasteiger partial charge in [-0.1, -0.05) is 23.2 Å². The Morgan fingerprint density at radius 2 is 1.96 bits per heavy atom. The third kappa shape index (κ3) is 7.80. The Morgan fingerprint density at radius 1 is 1.13 bits per heavy atom. The molecule has 5 aromatic rings. The minimum atomic E-state index is -0.944. The summed E-state index contributed by atoms with van der Waals surface area (Å²) in [6.45, 7) is 2.86. The first kappa shape index (κ1) is 36.9. The first-order chi connectivity index (χ1) is 26.7. The smallest absolute Gasteiger partial charge is 0.319 e. The number of carbonyl (C=O) groups is 1. The second-order valence-corrected chi connectivity index (χ2v) is 13.1. The molecule has 3 aromatic heterocycles. The topological polar surface area (TPSA) is 157 Å². The van der Waals surface area contributed by atoms with E-state index >= 15 is 4.39 Å². The van der Waals surface area contributed by atoms with Crippen molar-refractivity contribution in [2.24, 2.45) is 5.11 Å². The van der Waals surface area contributed by atoms with Gasteiger partial charge < -0.3 is 19.6 Å². The number of benzene rings is 2. The Balaban J connectivity index is 1.23. The molecule has 55 heavy (non-hydrogen) atoms. The summed E-state index contributed by atoms with van der Waals surface area (Å²) in [6.07, 6.45) is 12.2. The van der Waals surface area contributed by atoms with Crippen molar-refractivity contribution in [1.82, 2.24) is 29.7 Å². The second-order valence-electron chi connectivity index (χ2n) is 13.1. The monoisotopic (exact) mass is 748 g/mol. The van der Waals surface area contributed by atoms with Crippen LogP contribution in [0.1, 0.15) is 30.5 Å². The summed E-state index contributed by atoms with van der Waals surface area (Å²) in [6, 6.07) is 10.2. The molecule has 13 nitrogen and oxygen atoms in total. The number of fused-ring (bicyclic) bond motifs is 2. The normalized spacial score (nSPS) is 16.3. The van der Waals surface area contributed by atoms with Crippen molar-refractivity contribution in [2.75, 3.05) is 57.3 Å². The number of phenols is 1. The number of ether oxygens (including phenoxy) is 1. The van der Waals surface area contributed by atoms with Crippen molar-refractivity contribution < 1.29 is 27.8 Å². The number of hydrogen-bond acceptors (Lipinski definition) is 10. The largest absolute Gasteiger partial charge is 0.508 e. The molecular weight excluding hydrogens is 713 g/mol. The molecular formula is C39H35F3N10O3. The molecule has 2 aliphatic rings. The van der Waals surface area contributed by atoms with Crippen LogP contribution in [0.15, 0.2) is 65.8 Å². The van der Waals surface area contributed by atoms with Crippen molar-refractivity contribution in [1.29, 1.82) is 0 Å². The molecule has 2 aliphatic heterocycles. The Bertz CT molecular complexity index is 2380. The molecule has 0 aliphatic carbocycles. The lowest BCUT2D eigenvalue weighted by atomic mass is 9.96. The van der Waals surface area contributed by atoms with Gasteiger partial charge in [0.1, 0.15) is 35.2 Å². The van der Waals surface area contributed by atoms with Gasteiger partial charge in [-0.3, -0.25) is 19.7 Å². The Kier molecular flexibility index (Phi) is 10.9. The zero-order valence-electron chi connectivity index (χ0n) is 29.6. The quantitative estimate of drug-likeness (QED) is 0.0403. The van der Waals surface area contributed by atoms with E-state index in [1.807, 2.05) is 4.90 Å². The van der Waals surface area contributed by atoms with Gasteiger partial charge >= 0.3 is 6.01 Å². The van der Waals surface area contributed by atoms with E-state index in [4.69, 9.17) is 21.7 Å². The maximum atomic E-state index is 16.9. The fourth-order valence-corrected chi connectivity index (χ4v) is 7.13. The molecule has 2 aromatic carbocycles. The molecule has 16 heteroatoms. The van der Waals surface area contributed by atoms with Gasteiger partial charge in [0.05, 0.1) is 16.6 Å². The SMILES string of the molecule is C#Cc1c(F)ccc2cc(O)cc(-c3ncc4c(N5CCN(C(=O)/C(F)=C/c6ccccn6)CC5)nc(OCC5CCCN5CCCN=[N+]=[N-])nc4c3F)c12. The maximum Gasteiger partial charge on any atom is 0.319 e. The third-order valence-corrected chi connectivity index (χ3v) is 9.80. The van der Waals surface area contributed by atoms with E-state index in [1.54, 1.807) is 18.2 Å². The highest BCUT2D eigenvalue weighted by molar-refractivity contribution is 6.03. The number of pyridine rings is 2. The molecule has 0 bridgehead atoms. The zero-order chi connectivity index (χ0) is 38.5. The molecule has 1 unspecified atom stereocenters. The summed E-state index contributed by atoms with van der Waals surface area (Å²) in [7, 11) is 0. The highest BCUT2D eigenvalue weighted by atomic mass is 19.1.